The molecule has 132 valence electrons. The number of rotatable bonds is 8. The first-order valence-electron chi connectivity index (χ1n) is 8.37. The van der Waals surface area contributed by atoms with Gasteiger partial charge in [0.1, 0.15) is 5.82 Å². The van der Waals surface area contributed by atoms with Crippen molar-refractivity contribution in [3.8, 4) is 0 Å². The molecule has 2 N–H and O–H groups in total. The van der Waals surface area contributed by atoms with Gasteiger partial charge in [-0.15, -0.1) is 0 Å². The molecule has 6 nitrogen and oxygen atoms in total. The maximum absolute atomic E-state index is 12.4. The fraction of sp³-hybridized carbons (Fsp3) is 0.389. The first-order chi connectivity index (χ1) is 12.2. The zero-order valence-electron chi connectivity index (χ0n) is 14.5. The maximum atomic E-state index is 12.4. The van der Waals surface area contributed by atoms with E-state index in [1.807, 2.05) is 37.4 Å². The number of H-pyrrole nitrogens is 1. The second kappa shape index (κ2) is 8.20. The molecule has 0 saturated heterocycles. The molecule has 2 heterocycles. The van der Waals surface area contributed by atoms with E-state index in [-0.39, 0.29) is 11.9 Å². The highest BCUT2D eigenvalue weighted by molar-refractivity contribution is 7.98. The van der Waals surface area contributed by atoms with E-state index in [1.54, 1.807) is 22.6 Å². The van der Waals surface area contributed by atoms with E-state index in [9.17, 15) is 4.79 Å². The SMILES string of the molecule is CSCC[C@@H](NC(=O)CCc1ccnn1C)c1nc2ccccc2[nH]1. The molecule has 0 fully saturated rings. The standard InChI is InChI=1S/C18H23N5OS/c1-23-13(9-11-19-23)7-8-17(24)20-16(10-12-25-2)18-21-14-5-3-4-6-15(14)22-18/h3-6,9,11,16H,7-8,10,12H2,1-2H3,(H,20,24)(H,21,22)/t16-/m1/s1. The van der Waals surface area contributed by atoms with Crippen LogP contribution in [0.5, 0.6) is 0 Å². The van der Waals surface area contributed by atoms with E-state index in [4.69, 9.17) is 0 Å². The lowest BCUT2D eigenvalue weighted by molar-refractivity contribution is -0.121. The summed E-state index contributed by atoms with van der Waals surface area (Å²) < 4.78 is 1.80. The number of para-hydroxylation sites is 2. The largest absolute Gasteiger partial charge is 0.346 e. The summed E-state index contributed by atoms with van der Waals surface area (Å²) in [5.41, 5.74) is 2.98. The minimum Gasteiger partial charge on any atom is -0.346 e. The number of imidazole rings is 1. The van der Waals surface area contributed by atoms with Gasteiger partial charge in [0, 0.05) is 25.4 Å². The van der Waals surface area contributed by atoms with Crippen molar-refractivity contribution in [2.24, 2.45) is 7.05 Å². The van der Waals surface area contributed by atoms with Gasteiger partial charge in [-0.05, 0) is 43.0 Å². The number of carbonyl (C=O) groups excluding carboxylic acids is 1. The Kier molecular flexibility index (Phi) is 5.75. The Morgan fingerprint density at radius 2 is 2.20 bits per heavy atom. The summed E-state index contributed by atoms with van der Waals surface area (Å²) in [6, 6.07) is 9.77. The van der Waals surface area contributed by atoms with E-state index >= 15 is 0 Å². The molecule has 0 aliphatic rings. The number of thioether (sulfide) groups is 1. The first kappa shape index (κ1) is 17.5. The second-order valence-electron chi connectivity index (χ2n) is 5.99. The van der Waals surface area contributed by atoms with Crippen molar-refractivity contribution < 1.29 is 4.79 Å². The van der Waals surface area contributed by atoms with E-state index in [2.05, 4.69) is 26.6 Å². The molecule has 0 spiro atoms. The Labute approximate surface area is 151 Å². The van der Waals surface area contributed by atoms with Crippen LogP contribution in [-0.2, 0) is 18.3 Å². The highest BCUT2D eigenvalue weighted by atomic mass is 32.2. The monoisotopic (exact) mass is 357 g/mol. The average Bonchev–Trinajstić information content (AvgIpc) is 3.22. The van der Waals surface area contributed by atoms with Crippen molar-refractivity contribution in [3.05, 3.63) is 48.0 Å². The van der Waals surface area contributed by atoms with Crippen molar-refractivity contribution in [1.29, 1.82) is 0 Å². The minimum atomic E-state index is -0.0983. The molecular weight excluding hydrogens is 334 g/mol. The first-order valence-corrected chi connectivity index (χ1v) is 9.76. The quantitative estimate of drug-likeness (QED) is 0.650. The van der Waals surface area contributed by atoms with Crippen LogP contribution >= 0.6 is 11.8 Å². The Bertz CT molecular complexity index is 808. The number of nitrogens with zero attached hydrogens (tertiary/aromatic N) is 3. The van der Waals surface area contributed by atoms with Crippen LogP contribution < -0.4 is 5.32 Å². The molecule has 0 aliphatic carbocycles. The van der Waals surface area contributed by atoms with Gasteiger partial charge in [-0.1, -0.05) is 12.1 Å². The fourth-order valence-electron chi connectivity index (χ4n) is 2.81. The normalized spacial score (nSPS) is 12.4. The van der Waals surface area contributed by atoms with Crippen molar-refractivity contribution >= 4 is 28.7 Å². The number of aryl methyl sites for hydroxylation is 2. The molecule has 3 rings (SSSR count). The molecule has 0 unspecified atom stereocenters. The summed E-state index contributed by atoms with van der Waals surface area (Å²) in [6.07, 6.45) is 5.79. The smallest absolute Gasteiger partial charge is 0.220 e. The van der Waals surface area contributed by atoms with Gasteiger partial charge in [0.15, 0.2) is 0 Å². The van der Waals surface area contributed by atoms with Crippen LogP contribution in [0.15, 0.2) is 36.5 Å². The predicted molar refractivity (Wildman–Crippen MR) is 102 cm³/mol. The number of benzene rings is 1. The van der Waals surface area contributed by atoms with Crippen molar-refractivity contribution in [3.63, 3.8) is 0 Å². The Balaban J connectivity index is 1.67. The minimum absolute atomic E-state index is 0.0350. The summed E-state index contributed by atoms with van der Waals surface area (Å²) in [4.78, 5) is 20.4. The molecular formula is C18H23N5OS. The highest BCUT2D eigenvalue weighted by Gasteiger charge is 2.18. The molecule has 0 saturated carbocycles. The Morgan fingerprint density at radius 3 is 2.92 bits per heavy atom. The van der Waals surface area contributed by atoms with Gasteiger partial charge >= 0.3 is 0 Å². The summed E-state index contributed by atoms with van der Waals surface area (Å²) in [5.74, 6) is 1.82. The summed E-state index contributed by atoms with van der Waals surface area (Å²) >= 11 is 1.77. The van der Waals surface area contributed by atoms with E-state index in [1.165, 1.54) is 0 Å². The van der Waals surface area contributed by atoms with Gasteiger partial charge in [0.05, 0.1) is 17.1 Å². The lowest BCUT2D eigenvalue weighted by Gasteiger charge is -2.16. The summed E-state index contributed by atoms with van der Waals surface area (Å²) in [6.45, 7) is 0. The van der Waals surface area contributed by atoms with Crippen LogP contribution in [0.2, 0.25) is 0 Å². The van der Waals surface area contributed by atoms with Crippen LogP contribution in [0.1, 0.15) is 30.4 Å². The molecule has 2 aromatic heterocycles. The predicted octanol–water partition coefficient (Wildman–Crippen LogP) is 2.84. The van der Waals surface area contributed by atoms with Gasteiger partial charge in [-0.3, -0.25) is 9.48 Å². The molecule has 3 aromatic rings. The lowest BCUT2D eigenvalue weighted by atomic mass is 10.2. The van der Waals surface area contributed by atoms with Crippen molar-refractivity contribution in [1.82, 2.24) is 25.1 Å². The number of aromatic amines is 1. The number of hydrogen-bond donors (Lipinski definition) is 2. The number of nitrogens with one attached hydrogen (secondary N) is 2. The van der Waals surface area contributed by atoms with Gasteiger partial charge in [0.2, 0.25) is 5.91 Å². The molecule has 0 radical (unpaired) electrons. The van der Waals surface area contributed by atoms with Crippen molar-refractivity contribution in [2.75, 3.05) is 12.0 Å². The number of carbonyl (C=O) groups is 1. The highest BCUT2D eigenvalue weighted by Crippen LogP contribution is 2.20. The third-order valence-corrected chi connectivity index (χ3v) is 4.86. The molecule has 25 heavy (non-hydrogen) atoms. The zero-order chi connectivity index (χ0) is 17.6. The fourth-order valence-corrected chi connectivity index (χ4v) is 3.28. The van der Waals surface area contributed by atoms with Crippen LogP contribution in [0.4, 0.5) is 0 Å². The molecule has 7 heteroatoms. The van der Waals surface area contributed by atoms with Gasteiger partial charge in [-0.25, -0.2) is 4.98 Å². The topological polar surface area (TPSA) is 75.6 Å². The van der Waals surface area contributed by atoms with Crippen LogP contribution in [0.3, 0.4) is 0 Å². The van der Waals surface area contributed by atoms with E-state index in [0.717, 1.165) is 34.7 Å². The number of fused-ring (bicyclic) bond motifs is 1. The number of hydrogen-bond acceptors (Lipinski definition) is 4. The third kappa shape index (κ3) is 4.42. The Morgan fingerprint density at radius 1 is 1.36 bits per heavy atom. The van der Waals surface area contributed by atoms with Gasteiger partial charge in [-0.2, -0.15) is 16.9 Å². The van der Waals surface area contributed by atoms with Crippen LogP contribution in [0.25, 0.3) is 11.0 Å². The average molecular weight is 357 g/mol. The van der Waals surface area contributed by atoms with E-state index < -0.39 is 0 Å². The van der Waals surface area contributed by atoms with Crippen LogP contribution in [-0.4, -0.2) is 37.7 Å². The second-order valence-corrected chi connectivity index (χ2v) is 6.97. The van der Waals surface area contributed by atoms with Gasteiger partial charge < -0.3 is 10.3 Å². The molecule has 1 atom stereocenters. The third-order valence-electron chi connectivity index (χ3n) is 4.21. The van der Waals surface area contributed by atoms with Crippen molar-refractivity contribution in [2.45, 2.75) is 25.3 Å². The van der Waals surface area contributed by atoms with Gasteiger partial charge in [0.25, 0.3) is 0 Å². The molecule has 0 aliphatic heterocycles. The summed E-state index contributed by atoms with van der Waals surface area (Å²) in [7, 11) is 1.89. The van der Waals surface area contributed by atoms with E-state index in [0.29, 0.717) is 12.8 Å². The molecule has 1 aromatic carbocycles. The molecule has 1 amide bonds. The number of aromatic nitrogens is 4. The van der Waals surface area contributed by atoms with Crippen LogP contribution in [0, 0.1) is 0 Å². The number of amides is 1. The molecule has 0 bridgehead atoms. The lowest BCUT2D eigenvalue weighted by Crippen LogP contribution is -2.30. The zero-order valence-corrected chi connectivity index (χ0v) is 15.3. The maximum Gasteiger partial charge on any atom is 0.220 e. The summed E-state index contributed by atoms with van der Waals surface area (Å²) in [5, 5.41) is 7.27. The Hall–Kier alpha value is -2.28.